The molecule has 0 bridgehead atoms. The first kappa shape index (κ1) is 32.1. The smallest absolute Gasteiger partial charge is 0.408 e. The first-order chi connectivity index (χ1) is 17.2. The van der Waals surface area contributed by atoms with Crippen LogP contribution in [-0.4, -0.2) is 84.6 Å². The Balaban J connectivity index is 0.000000370. The van der Waals surface area contributed by atoms with Crippen LogP contribution in [0.4, 0.5) is 22.4 Å². The van der Waals surface area contributed by atoms with Crippen LogP contribution in [0.15, 0.2) is 30.3 Å². The quantitative estimate of drug-likeness (QED) is 0.312. The van der Waals surface area contributed by atoms with Gasteiger partial charge in [-0.2, -0.15) is 0 Å². The molecule has 9 nitrogen and oxygen atoms in total. The average Bonchev–Trinajstić information content (AvgIpc) is 2.88. The molecule has 1 fully saturated rings. The third kappa shape index (κ3) is 8.03. The lowest BCUT2D eigenvalue weighted by molar-refractivity contribution is -0.285. The second kappa shape index (κ2) is 13.6. The lowest BCUT2D eigenvalue weighted by Crippen LogP contribution is -2.72. The molecule has 37 heavy (non-hydrogen) atoms. The maximum absolute atomic E-state index is 13.0. The lowest BCUT2D eigenvalue weighted by Gasteiger charge is -2.51. The number of β-lactam (4-membered cyclic amide) rings is 1. The van der Waals surface area contributed by atoms with E-state index in [2.05, 4.69) is 5.32 Å². The highest BCUT2D eigenvalue weighted by Crippen LogP contribution is 2.39. The highest BCUT2D eigenvalue weighted by Gasteiger charge is 2.60. The van der Waals surface area contributed by atoms with Crippen LogP contribution in [0.5, 0.6) is 0 Å². The van der Waals surface area contributed by atoms with Crippen molar-refractivity contribution < 1.29 is 46.6 Å². The number of rotatable bonds is 10. The Morgan fingerprint density at radius 2 is 1.65 bits per heavy atom. The van der Waals surface area contributed by atoms with Gasteiger partial charge >= 0.3 is 6.09 Å². The van der Waals surface area contributed by atoms with Crippen molar-refractivity contribution in [2.75, 3.05) is 33.7 Å². The van der Waals surface area contributed by atoms with Crippen LogP contribution in [0.2, 0.25) is 0 Å². The van der Waals surface area contributed by atoms with Crippen LogP contribution >= 0.6 is 0 Å². The van der Waals surface area contributed by atoms with Crippen LogP contribution in [0.3, 0.4) is 0 Å². The van der Waals surface area contributed by atoms with E-state index in [0.717, 1.165) is 10.6 Å². The molecule has 1 aromatic carbocycles. The number of hydroxylamine groups is 2. The molecule has 210 valence electrons. The minimum atomic E-state index is -2.63. The van der Waals surface area contributed by atoms with E-state index in [0.29, 0.717) is 0 Å². The van der Waals surface area contributed by atoms with Crippen molar-refractivity contribution in [2.24, 2.45) is 5.92 Å². The Hall–Kier alpha value is -2.93. The van der Waals surface area contributed by atoms with E-state index in [4.69, 9.17) is 9.57 Å². The molecule has 1 aromatic rings. The second-order valence-corrected chi connectivity index (χ2v) is 9.55. The number of benzene rings is 1. The minimum Gasteiger partial charge on any atom is -0.444 e. The topological polar surface area (TPSA) is 117 Å². The Morgan fingerprint density at radius 3 is 2.08 bits per heavy atom. The van der Waals surface area contributed by atoms with Gasteiger partial charge in [0.05, 0.1) is 5.92 Å². The van der Waals surface area contributed by atoms with Crippen LogP contribution in [0.1, 0.15) is 33.3 Å². The summed E-state index contributed by atoms with van der Waals surface area (Å²) < 4.78 is 56.3. The minimum absolute atomic E-state index is 0.126. The monoisotopic (exact) mass is 537 g/mol. The number of hydrogen-bond acceptors (Lipinski definition) is 6. The summed E-state index contributed by atoms with van der Waals surface area (Å²) in [5.74, 6) is -1.98. The number of likely N-dealkylation sites (N-methyl/N-ethyl adjacent to an activating group) is 1. The van der Waals surface area contributed by atoms with Gasteiger partial charge in [-0.15, -0.1) is 0 Å². The molecule has 0 unspecified atom stereocenters. The third-order valence-corrected chi connectivity index (χ3v) is 5.62. The van der Waals surface area contributed by atoms with Crippen molar-refractivity contribution in [3.63, 3.8) is 0 Å². The summed E-state index contributed by atoms with van der Waals surface area (Å²) in [6.07, 6.45) is -1.05. The Kier molecular flexibility index (Phi) is 11.8. The molecule has 0 spiro atoms. The Morgan fingerprint density at radius 1 is 1.11 bits per heavy atom. The van der Waals surface area contributed by atoms with Crippen molar-refractivity contribution >= 4 is 17.9 Å². The highest BCUT2D eigenvalue weighted by atomic mass is 19.1. The molecular weight excluding hydrogens is 502 g/mol. The lowest BCUT2D eigenvalue weighted by atomic mass is 9.78. The van der Waals surface area contributed by atoms with E-state index in [1.807, 2.05) is 35.6 Å². The van der Waals surface area contributed by atoms with E-state index in [9.17, 15) is 37.1 Å². The van der Waals surface area contributed by atoms with Gasteiger partial charge in [-0.3, -0.25) is 14.4 Å². The molecule has 2 atom stereocenters. The number of alkyl halides is 4. The van der Waals surface area contributed by atoms with E-state index >= 15 is 0 Å². The molecule has 0 radical (unpaired) electrons. The molecule has 1 aliphatic heterocycles. The van der Waals surface area contributed by atoms with E-state index < -0.39 is 67.4 Å². The molecule has 0 aromatic heterocycles. The van der Waals surface area contributed by atoms with Gasteiger partial charge in [0.2, 0.25) is 5.91 Å². The molecule has 1 aliphatic rings. The molecular formula is C24H35F4N3O6. The van der Waals surface area contributed by atoms with Gasteiger partial charge in [0.25, 0.3) is 5.91 Å². The summed E-state index contributed by atoms with van der Waals surface area (Å²) in [7, 11) is 1.21. The van der Waals surface area contributed by atoms with Crippen molar-refractivity contribution in [3.8, 4) is 0 Å². The standard InChI is InChI=1S/C13H15F2NO2.C11H20F2N2O4/c1-10-12(17)16(13(10,8-14)9-15)18-7-11-5-3-2-4-6-11;1-10(2,3)19-9(17)15-7(8(16)14-4)11(18,5-12)6-13/h2-6,10H,7-9H2,1H3;7,18H,5-6H2,1-4H3,(H,14,16)(H,15,17)/t10-;7-/m11/s1. The molecule has 3 amide bonds. The van der Waals surface area contributed by atoms with Crippen LogP contribution in [-0.2, 0) is 25.8 Å². The summed E-state index contributed by atoms with van der Waals surface area (Å²) >= 11 is 0. The van der Waals surface area contributed by atoms with Crippen LogP contribution in [0, 0.1) is 5.92 Å². The number of nitrogens with one attached hydrogen (secondary N) is 2. The van der Waals surface area contributed by atoms with Crippen LogP contribution in [0.25, 0.3) is 0 Å². The second-order valence-electron chi connectivity index (χ2n) is 9.55. The number of halogens is 4. The van der Waals surface area contributed by atoms with Gasteiger partial charge in [-0.05, 0) is 26.3 Å². The van der Waals surface area contributed by atoms with Gasteiger partial charge in [0.15, 0.2) is 5.60 Å². The normalized spacial score (nSPS) is 17.6. The number of nitrogens with zero attached hydrogens (tertiary/aromatic N) is 1. The maximum atomic E-state index is 13.0. The van der Waals surface area contributed by atoms with Crippen molar-refractivity contribution in [3.05, 3.63) is 35.9 Å². The largest absolute Gasteiger partial charge is 0.444 e. The third-order valence-electron chi connectivity index (χ3n) is 5.62. The number of alkyl carbamates (subject to hydrolysis) is 1. The molecule has 1 heterocycles. The SMILES string of the molecule is CNC(=O)[C@@H](NC(=O)OC(C)(C)C)C(O)(CF)CF.C[C@@H]1C(=O)N(OCc2ccccc2)C1(CF)CF. The number of aliphatic hydroxyl groups is 1. The van der Waals surface area contributed by atoms with Gasteiger partial charge in [-0.1, -0.05) is 37.3 Å². The van der Waals surface area contributed by atoms with Crippen molar-refractivity contribution in [1.82, 2.24) is 15.7 Å². The fourth-order valence-corrected chi connectivity index (χ4v) is 3.22. The maximum Gasteiger partial charge on any atom is 0.408 e. The number of amides is 3. The Bertz CT molecular complexity index is 892. The fraction of sp³-hybridized carbons (Fsp3) is 0.625. The summed E-state index contributed by atoms with van der Waals surface area (Å²) in [6.45, 7) is 1.45. The van der Waals surface area contributed by atoms with E-state index in [-0.39, 0.29) is 12.5 Å². The fourth-order valence-electron chi connectivity index (χ4n) is 3.22. The first-order valence-electron chi connectivity index (χ1n) is 11.4. The van der Waals surface area contributed by atoms with Crippen LogP contribution < -0.4 is 10.6 Å². The van der Waals surface area contributed by atoms with Crippen molar-refractivity contribution in [1.29, 1.82) is 0 Å². The number of ether oxygens (including phenoxy) is 1. The van der Waals surface area contributed by atoms with Gasteiger partial charge in [0.1, 0.15) is 50.5 Å². The first-order valence-corrected chi connectivity index (χ1v) is 11.4. The van der Waals surface area contributed by atoms with Gasteiger partial charge < -0.3 is 20.5 Å². The molecule has 0 saturated carbocycles. The predicted octanol–water partition coefficient (Wildman–Crippen LogP) is 2.57. The molecule has 13 heteroatoms. The zero-order chi connectivity index (χ0) is 28.4. The highest BCUT2D eigenvalue weighted by molar-refractivity contribution is 5.87. The summed E-state index contributed by atoms with van der Waals surface area (Å²) in [6, 6.07) is 7.37. The van der Waals surface area contributed by atoms with Gasteiger partial charge in [-0.25, -0.2) is 27.4 Å². The number of carbonyl (C=O) groups is 3. The Labute approximate surface area is 213 Å². The zero-order valence-electron chi connectivity index (χ0n) is 21.5. The number of hydrogen-bond donors (Lipinski definition) is 3. The molecule has 1 saturated heterocycles. The average molecular weight is 538 g/mol. The van der Waals surface area contributed by atoms with E-state index in [1.165, 1.54) is 14.0 Å². The van der Waals surface area contributed by atoms with E-state index in [1.54, 1.807) is 20.8 Å². The summed E-state index contributed by atoms with van der Waals surface area (Å²) in [5, 5.41) is 14.6. The zero-order valence-corrected chi connectivity index (χ0v) is 21.5. The molecule has 3 N–H and O–H groups in total. The molecule has 2 rings (SSSR count). The summed E-state index contributed by atoms with van der Waals surface area (Å²) in [5.41, 5.74) is -4.07. The molecule has 0 aliphatic carbocycles. The van der Waals surface area contributed by atoms with Gasteiger partial charge in [0, 0.05) is 7.05 Å². The summed E-state index contributed by atoms with van der Waals surface area (Å²) in [4.78, 5) is 39.8. The van der Waals surface area contributed by atoms with Crippen molar-refractivity contribution in [2.45, 2.75) is 57.1 Å². The number of carbonyl (C=O) groups excluding carboxylic acids is 3. The predicted molar refractivity (Wildman–Crippen MR) is 126 cm³/mol.